The molecule has 2 nitrogen and oxygen atoms in total. The van der Waals surface area contributed by atoms with Crippen LogP contribution in [0.1, 0.15) is 6.92 Å². The normalized spacial score (nSPS) is 3.00. The van der Waals surface area contributed by atoms with Crippen LogP contribution in [0.25, 0.3) is 0 Å². The SMILES string of the molecule is CC[O-].O.[Ca+2].[Cl-]. The predicted octanol–water partition coefficient (Wildman–Crippen LogP) is -4.83. The number of hydrogen-bond acceptors (Lipinski definition) is 1. The number of hydrogen-bond donors (Lipinski definition) is 0. The van der Waals surface area contributed by atoms with Gasteiger partial charge in [-0.1, -0.05) is 6.92 Å². The Bertz CT molecular complexity index is 11.5. The molecule has 0 aliphatic heterocycles. The fourth-order valence-corrected chi connectivity index (χ4v) is 0. The molecule has 6 heavy (non-hydrogen) atoms. The second kappa shape index (κ2) is 31.7. The fourth-order valence-electron chi connectivity index (χ4n) is 0. The van der Waals surface area contributed by atoms with Gasteiger partial charge < -0.3 is 23.0 Å². The van der Waals surface area contributed by atoms with Gasteiger partial charge in [0, 0.05) is 0 Å². The third-order valence-corrected chi connectivity index (χ3v) is 0. The van der Waals surface area contributed by atoms with Crippen molar-refractivity contribution >= 4 is 37.7 Å². The van der Waals surface area contributed by atoms with Crippen molar-refractivity contribution in [1.29, 1.82) is 0 Å². The molecule has 0 amide bonds. The second-order valence-corrected chi connectivity index (χ2v) is 0.289. The number of rotatable bonds is 0. The first kappa shape index (κ1) is 26.0. The molecule has 0 bridgehead atoms. The third-order valence-electron chi connectivity index (χ3n) is 0. The van der Waals surface area contributed by atoms with Gasteiger partial charge in [-0.2, -0.15) is 0 Å². The Morgan fingerprint density at radius 2 is 1.50 bits per heavy atom. The molecule has 0 aliphatic rings. The summed E-state index contributed by atoms with van der Waals surface area (Å²) in [6.45, 7) is 1.57. The summed E-state index contributed by atoms with van der Waals surface area (Å²) in [5.41, 5.74) is 0. The molecule has 0 radical (unpaired) electrons. The minimum atomic E-state index is 0. The summed E-state index contributed by atoms with van der Waals surface area (Å²) in [4.78, 5) is 0. The Kier molecular flexibility index (Phi) is 137. The van der Waals surface area contributed by atoms with Crippen LogP contribution in [-0.2, 0) is 0 Å². The third kappa shape index (κ3) is 50.6. The molecule has 0 heterocycles. The van der Waals surface area contributed by atoms with Crippen molar-refractivity contribution in [1.82, 2.24) is 0 Å². The quantitative estimate of drug-likeness (QED) is 0.310. The van der Waals surface area contributed by atoms with E-state index in [1.165, 1.54) is 0 Å². The largest absolute Gasteiger partial charge is 2.00 e. The van der Waals surface area contributed by atoms with E-state index in [0.29, 0.717) is 0 Å². The van der Waals surface area contributed by atoms with Crippen molar-refractivity contribution < 1.29 is 23.0 Å². The Hall–Kier alpha value is 1.47. The first-order valence-corrected chi connectivity index (χ1v) is 0.996. The van der Waals surface area contributed by atoms with E-state index in [2.05, 4.69) is 0 Å². The fraction of sp³-hybridized carbons (Fsp3) is 1.00. The summed E-state index contributed by atoms with van der Waals surface area (Å²) in [5, 5.41) is 8.93. The van der Waals surface area contributed by atoms with Gasteiger partial charge in [0.25, 0.3) is 0 Å². The summed E-state index contributed by atoms with van der Waals surface area (Å²) in [7, 11) is 0. The van der Waals surface area contributed by atoms with Crippen LogP contribution in [-0.4, -0.2) is 49.8 Å². The van der Waals surface area contributed by atoms with Gasteiger partial charge in [-0.3, -0.25) is 0 Å². The first-order chi connectivity index (χ1) is 1.41. The van der Waals surface area contributed by atoms with E-state index in [-0.39, 0.29) is 62.2 Å². The molecule has 4 heteroatoms. The van der Waals surface area contributed by atoms with E-state index in [1.54, 1.807) is 6.92 Å². The monoisotopic (exact) mass is 138 g/mol. The summed E-state index contributed by atoms with van der Waals surface area (Å²) in [5.74, 6) is 0. The zero-order chi connectivity index (χ0) is 2.71. The van der Waals surface area contributed by atoms with Gasteiger partial charge in [-0.05, 0) is 0 Å². The molecule has 2 N–H and O–H groups in total. The molecule has 0 aromatic carbocycles. The van der Waals surface area contributed by atoms with Gasteiger partial charge in [0.2, 0.25) is 0 Å². The van der Waals surface area contributed by atoms with E-state index in [4.69, 9.17) is 5.11 Å². The number of halogens is 1. The van der Waals surface area contributed by atoms with Crippen molar-refractivity contribution in [3.8, 4) is 0 Å². The van der Waals surface area contributed by atoms with Crippen LogP contribution < -0.4 is 17.5 Å². The molecule has 0 rings (SSSR count). The Morgan fingerprint density at radius 3 is 1.50 bits per heavy atom. The van der Waals surface area contributed by atoms with E-state index in [9.17, 15) is 0 Å². The summed E-state index contributed by atoms with van der Waals surface area (Å²) < 4.78 is 0. The van der Waals surface area contributed by atoms with Crippen LogP contribution in [0.4, 0.5) is 0 Å². The van der Waals surface area contributed by atoms with E-state index in [1.807, 2.05) is 0 Å². The molecule has 0 unspecified atom stereocenters. The zero-order valence-corrected chi connectivity index (χ0v) is 6.66. The smallest absolute Gasteiger partial charge is 1.00 e. The maximum absolute atomic E-state index is 8.93. The molecule has 0 saturated heterocycles. The van der Waals surface area contributed by atoms with Crippen molar-refractivity contribution in [2.24, 2.45) is 0 Å². The Morgan fingerprint density at radius 1 is 1.50 bits per heavy atom. The maximum Gasteiger partial charge on any atom is 2.00 e. The minimum Gasteiger partial charge on any atom is -1.00 e. The predicted molar refractivity (Wildman–Crippen MR) is 19.9 cm³/mol. The standard InChI is InChI=1S/C2H5O.Ca.ClH.H2O/c1-2-3;;;/h2H2,1H3;;1H;1H2/q-1;+2;;/p-1. The van der Waals surface area contributed by atoms with Crippen LogP contribution in [0.3, 0.4) is 0 Å². The van der Waals surface area contributed by atoms with Gasteiger partial charge in [-0.15, -0.1) is 6.61 Å². The van der Waals surface area contributed by atoms with Crippen LogP contribution >= 0.6 is 0 Å². The molecule has 0 atom stereocenters. The summed E-state index contributed by atoms with van der Waals surface area (Å²) in [6.07, 6.45) is 0. The van der Waals surface area contributed by atoms with E-state index < -0.39 is 0 Å². The molecule has 0 fully saturated rings. The van der Waals surface area contributed by atoms with E-state index in [0.717, 1.165) is 0 Å². The Balaban J connectivity index is -0.00000000667. The van der Waals surface area contributed by atoms with Crippen LogP contribution in [0, 0.1) is 0 Å². The van der Waals surface area contributed by atoms with Crippen molar-refractivity contribution in [3.63, 3.8) is 0 Å². The molecular formula is C2H7CaClO2. The van der Waals surface area contributed by atoms with Gasteiger partial charge in [-0.25, -0.2) is 0 Å². The molecule has 0 aromatic heterocycles. The average molecular weight is 139 g/mol. The van der Waals surface area contributed by atoms with Crippen molar-refractivity contribution in [2.45, 2.75) is 6.92 Å². The molecule has 36 valence electrons. The molecular weight excluding hydrogens is 132 g/mol. The van der Waals surface area contributed by atoms with Gasteiger partial charge in [0.1, 0.15) is 0 Å². The van der Waals surface area contributed by atoms with Crippen LogP contribution in [0.2, 0.25) is 0 Å². The summed E-state index contributed by atoms with van der Waals surface area (Å²) >= 11 is 0. The summed E-state index contributed by atoms with van der Waals surface area (Å²) in [6, 6.07) is 0. The van der Waals surface area contributed by atoms with Gasteiger partial charge in [0.15, 0.2) is 0 Å². The maximum atomic E-state index is 8.93. The van der Waals surface area contributed by atoms with Gasteiger partial charge in [0.05, 0.1) is 0 Å². The van der Waals surface area contributed by atoms with Gasteiger partial charge >= 0.3 is 37.7 Å². The first-order valence-electron chi connectivity index (χ1n) is 0.996. The average Bonchev–Trinajstić information content (AvgIpc) is 0.918. The molecule has 0 aromatic rings. The zero-order valence-electron chi connectivity index (χ0n) is 3.70. The Labute approximate surface area is 73.6 Å². The molecule has 0 aliphatic carbocycles. The second-order valence-electron chi connectivity index (χ2n) is 0.289. The molecule has 0 saturated carbocycles. The van der Waals surface area contributed by atoms with Crippen LogP contribution in [0.15, 0.2) is 0 Å². The molecule has 0 spiro atoms. The minimum absolute atomic E-state index is 0. The topological polar surface area (TPSA) is 54.6 Å². The van der Waals surface area contributed by atoms with Crippen LogP contribution in [0.5, 0.6) is 0 Å². The van der Waals surface area contributed by atoms with Crippen molar-refractivity contribution in [2.75, 3.05) is 6.61 Å². The van der Waals surface area contributed by atoms with Crippen molar-refractivity contribution in [3.05, 3.63) is 0 Å². The van der Waals surface area contributed by atoms with E-state index >= 15 is 0 Å².